The summed E-state index contributed by atoms with van der Waals surface area (Å²) in [7, 11) is 0. The van der Waals surface area contributed by atoms with Gasteiger partial charge in [0.05, 0.1) is 6.42 Å². The fourth-order valence-corrected chi connectivity index (χ4v) is 1.83. The van der Waals surface area contributed by atoms with E-state index in [1.54, 1.807) is 0 Å². The zero-order valence-electron chi connectivity index (χ0n) is 11.6. The summed E-state index contributed by atoms with van der Waals surface area (Å²) in [5.74, 6) is -2.68. The lowest BCUT2D eigenvalue weighted by molar-refractivity contribution is -0.145. The van der Waals surface area contributed by atoms with Gasteiger partial charge in [0.15, 0.2) is 0 Å². The highest BCUT2D eigenvalue weighted by molar-refractivity contribution is 5.86. The van der Waals surface area contributed by atoms with Crippen LogP contribution in [0.2, 0.25) is 0 Å². The van der Waals surface area contributed by atoms with Crippen LogP contribution >= 0.6 is 0 Å². The number of urea groups is 1. The Balaban J connectivity index is 2.56. The molecule has 1 atom stereocenters. The summed E-state index contributed by atoms with van der Waals surface area (Å²) in [6.45, 7) is 2.24. The molecule has 114 valence electrons. The molecule has 1 aromatic rings. The number of carboxylic acids is 2. The van der Waals surface area contributed by atoms with Crippen molar-refractivity contribution in [1.29, 1.82) is 0 Å². The molecule has 0 unspecified atom stereocenters. The van der Waals surface area contributed by atoms with Crippen molar-refractivity contribution >= 4 is 18.0 Å². The Labute approximate surface area is 122 Å². The summed E-state index contributed by atoms with van der Waals surface area (Å²) in [5.41, 5.74) is 2.01. The lowest BCUT2D eigenvalue weighted by Gasteiger charge is -2.14. The second-order valence-electron chi connectivity index (χ2n) is 4.44. The number of benzene rings is 1. The van der Waals surface area contributed by atoms with E-state index >= 15 is 0 Å². The second-order valence-corrected chi connectivity index (χ2v) is 4.44. The summed E-state index contributed by atoms with van der Waals surface area (Å²) in [4.78, 5) is 33.0. The van der Waals surface area contributed by atoms with E-state index in [2.05, 4.69) is 10.6 Å². The fourth-order valence-electron chi connectivity index (χ4n) is 1.83. The molecule has 0 radical (unpaired) electrons. The number of nitrogens with one attached hydrogen (secondary N) is 2. The van der Waals surface area contributed by atoms with Gasteiger partial charge in [-0.1, -0.05) is 31.2 Å². The van der Waals surface area contributed by atoms with Crippen molar-refractivity contribution in [3.8, 4) is 0 Å². The van der Waals surface area contributed by atoms with E-state index < -0.39 is 30.4 Å². The van der Waals surface area contributed by atoms with Crippen molar-refractivity contribution in [3.63, 3.8) is 0 Å². The number of carbonyl (C=O) groups is 3. The molecule has 0 saturated heterocycles. The molecule has 0 bridgehead atoms. The molecule has 7 heteroatoms. The minimum Gasteiger partial charge on any atom is -0.481 e. The average Bonchev–Trinajstić information content (AvgIpc) is 2.44. The minimum atomic E-state index is -1.45. The summed E-state index contributed by atoms with van der Waals surface area (Å²) in [6.07, 6.45) is 0.143. The van der Waals surface area contributed by atoms with E-state index in [1.165, 1.54) is 0 Å². The number of hydrogen-bond donors (Lipinski definition) is 4. The first-order valence-corrected chi connectivity index (χ1v) is 6.49. The predicted molar refractivity (Wildman–Crippen MR) is 74.9 cm³/mol. The van der Waals surface area contributed by atoms with Gasteiger partial charge in [0.1, 0.15) is 6.04 Å². The van der Waals surface area contributed by atoms with Gasteiger partial charge in [-0.25, -0.2) is 9.59 Å². The Morgan fingerprint density at radius 3 is 2.29 bits per heavy atom. The second kappa shape index (κ2) is 7.88. The van der Waals surface area contributed by atoms with Crippen molar-refractivity contribution in [2.75, 3.05) is 0 Å². The van der Waals surface area contributed by atoms with Gasteiger partial charge in [0, 0.05) is 6.54 Å². The largest absolute Gasteiger partial charge is 0.481 e. The van der Waals surface area contributed by atoms with Crippen molar-refractivity contribution in [2.24, 2.45) is 0 Å². The molecule has 1 aromatic carbocycles. The van der Waals surface area contributed by atoms with Crippen molar-refractivity contribution in [3.05, 3.63) is 35.4 Å². The molecular weight excluding hydrogens is 276 g/mol. The smallest absolute Gasteiger partial charge is 0.326 e. The fraction of sp³-hybridized carbons (Fsp3) is 0.357. The Hall–Kier alpha value is -2.57. The van der Waals surface area contributed by atoms with Gasteiger partial charge in [-0.2, -0.15) is 0 Å². The summed E-state index contributed by atoms with van der Waals surface area (Å²) in [6, 6.07) is 5.39. The van der Waals surface area contributed by atoms with Crippen LogP contribution < -0.4 is 10.6 Å². The van der Waals surface area contributed by atoms with Crippen LogP contribution in [0, 0.1) is 0 Å². The Morgan fingerprint density at radius 2 is 1.76 bits per heavy atom. The number of carboxylic acid groups (broad SMARTS) is 2. The van der Waals surface area contributed by atoms with Gasteiger partial charge in [0.2, 0.25) is 0 Å². The average molecular weight is 294 g/mol. The first-order valence-electron chi connectivity index (χ1n) is 6.49. The van der Waals surface area contributed by atoms with E-state index in [1.807, 2.05) is 31.2 Å². The molecule has 0 fully saturated rings. The third kappa shape index (κ3) is 5.52. The SMILES string of the molecule is CCc1ccccc1CNC(=O)N[C@H](CC(=O)O)C(=O)O. The zero-order valence-corrected chi connectivity index (χ0v) is 11.6. The molecule has 0 aliphatic carbocycles. The molecule has 0 spiro atoms. The topological polar surface area (TPSA) is 116 Å². The van der Waals surface area contributed by atoms with E-state index in [0.29, 0.717) is 0 Å². The molecule has 0 heterocycles. The van der Waals surface area contributed by atoms with Gasteiger partial charge in [-0.15, -0.1) is 0 Å². The zero-order chi connectivity index (χ0) is 15.8. The quantitative estimate of drug-likeness (QED) is 0.598. The Morgan fingerprint density at radius 1 is 1.14 bits per heavy atom. The summed E-state index contributed by atoms with van der Waals surface area (Å²) < 4.78 is 0. The normalized spacial score (nSPS) is 11.5. The van der Waals surface area contributed by atoms with E-state index in [-0.39, 0.29) is 6.54 Å². The highest BCUT2D eigenvalue weighted by Gasteiger charge is 2.22. The summed E-state index contributed by atoms with van der Waals surface area (Å²) >= 11 is 0. The Kier molecular flexibility index (Phi) is 6.19. The molecule has 4 N–H and O–H groups in total. The lowest BCUT2D eigenvalue weighted by atomic mass is 10.1. The van der Waals surface area contributed by atoms with Crippen LogP contribution in [0.5, 0.6) is 0 Å². The van der Waals surface area contributed by atoms with Crippen molar-refractivity contribution in [1.82, 2.24) is 10.6 Å². The highest BCUT2D eigenvalue weighted by Crippen LogP contribution is 2.08. The van der Waals surface area contributed by atoms with Crippen LogP contribution in [0.3, 0.4) is 0 Å². The van der Waals surface area contributed by atoms with E-state index in [9.17, 15) is 14.4 Å². The number of amides is 2. The standard InChI is InChI=1S/C14H18N2O5/c1-2-9-5-3-4-6-10(9)8-15-14(21)16-11(13(19)20)7-12(17)18/h3-6,11H,2,7-8H2,1H3,(H,17,18)(H,19,20)(H2,15,16,21)/t11-/m1/s1. The van der Waals surface area contributed by atoms with Gasteiger partial charge < -0.3 is 20.8 Å². The number of rotatable bonds is 7. The predicted octanol–water partition coefficient (Wildman–Crippen LogP) is 0.976. The van der Waals surface area contributed by atoms with Gasteiger partial charge in [0.25, 0.3) is 0 Å². The van der Waals surface area contributed by atoms with Gasteiger partial charge in [-0.3, -0.25) is 4.79 Å². The maximum Gasteiger partial charge on any atom is 0.326 e. The van der Waals surface area contributed by atoms with Crippen LogP contribution in [-0.2, 0) is 22.6 Å². The first kappa shape index (κ1) is 16.5. The molecule has 21 heavy (non-hydrogen) atoms. The van der Waals surface area contributed by atoms with Crippen LogP contribution in [0.15, 0.2) is 24.3 Å². The van der Waals surface area contributed by atoms with Crippen LogP contribution in [0.1, 0.15) is 24.5 Å². The molecule has 7 nitrogen and oxygen atoms in total. The maximum absolute atomic E-state index is 11.6. The molecule has 0 aliphatic heterocycles. The molecular formula is C14H18N2O5. The van der Waals surface area contributed by atoms with Crippen LogP contribution in [-0.4, -0.2) is 34.2 Å². The van der Waals surface area contributed by atoms with Gasteiger partial charge in [-0.05, 0) is 17.5 Å². The number of aryl methyl sites for hydroxylation is 1. The molecule has 0 aromatic heterocycles. The first-order chi connectivity index (χ1) is 9.93. The minimum absolute atomic E-state index is 0.245. The molecule has 0 aliphatic rings. The van der Waals surface area contributed by atoms with E-state index in [4.69, 9.17) is 10.2 Å². The molecule has 0 saturated carbocycles. The monoisotopic (exact) mass is 294 g/mol. The number of carbonyl (C=O) groups excluding carboxylic acids is 1. The number of hydrogen-bond acceptors (Lipinski definition) is 3. The van der Waals surface area contributed by atoms with Crippen LogP contribution in [0.4, 0.5) is 4.79 Å². The van der Waals surface area contributed by atoms with Crippen LogP contribution in [0.25, 0.3) is 0 Å². The lowest BCUT2D eigenvalue weighted by Crippen LogP contribution is -2.46. The third-order valence-electron chi connectivity index (χ3n) is 2.92. The highest BCUT2D eigenvalue weighted by atomic mass is 16.4. The Bertz CT molecular complexity index is 530. The third-order valence-corrected chi connectivity index (χ3v) is 2.92. The number of aliphatic carboxylic acids is 2. The van der Waals surface area contributed by atoms with E-state index in [0.717, 1.165) is 17.5 Å². The molecule has 2 amide bonds. The van der Waals surface area contributed by atoms with Crippen molar-refractivity contribution in [2.45, 2.75) is 32.4 Å². The van der Waals surface area contributed by atoms with Gasteiger partial charge >= 0.3 is 18.0 Å². The summed E-state index contributed by atoms with van der Waals surface area (Å²) in [5, 5.41) is 22.1. The molecule has 1 rings (SSSR count). The van der Waals surface area contributed by atoms with Crippen molar-refractivity contribution < 1.29 is 24.6 Å². The maximum atomic E-state index is 11.6.